The first-order valence-corrected chi connectivity index (χ1v) is 15.0. The number of nitrogens with zero attached hydrogens (tertiary/aromatic N) is 5. The zero-order chi connectivity index (χ0) is 28.9. The molecule has 6 rings (SSSR count). The molecule has 1 fully saturated rings. The molecule has 41 heavy (non-hydrogen) atoms. The maximum Gasteiger partial charge on any atom is 0.304 e. The minimum absolute atomic E-state index is 0.0239. The molecule has 216 valence electrons. The Kier molecular flexibility index (Phi) is 7.42. The predicted molar refractivity (Wildman–Crippen MR) is 164 cm³/mol. The SMILES string of the molecule is CC(C)N1CCC(c2cc(Nc3ncc(Cl)c(N4CC(C)(CC(=O)O)c5ccccc54)n3)cc3c2CCN(C)C3)C1. The van der Waals surface area contributed by atoms with Gasteiger partial charge in [0, 0.05) is 49.0 Å². The number of carboxylic acid groups (broad SMARTS) is 1. The fourth-order valence-electron chi connectivity index (χ4n) is 6.97. The van der Waals surface area contributed by atoms with E-state index in [-0.39, 0.29) is 6.42 Å². The van der Waals surface area contributed by atoms with Crippen molar-refractivity contribution in [2.24, 2.45) is 0 Å². The van der Waals surface area contributed by atoms with Gasteiger partial charge in [-0.05, 0) is 86.7 Å². The van der Waals surface area contributed by atoms with Gasteiger partial charge in [-0.25, -0.2) is 4.98 Å². The van der Waals surface area contributed by atoms with E-state index in [0.29, 0.717) is 35.3 Å². The monoisotopic (exact) mass is 574 g/mol. The molecule has 2 atom stereocenters. The van der Waals surface area contributed by atoms with E-state index >= 15 is 0 Å². The number of carbonyl (C=O) groups is 1. The highest BCUT2D eigenvalue weighted by molar-refractivity contribution is 6.33. The third-order valence-corrected chi connectivity index (χ3v) is 9.35. The van der Waals surface area contributed by atoms with Gasteiger partial charge in [0.1, 0.15) is 5.02 Å². The Balaban J connectivity index is 1.33. The summed E-state index contributed by atoms with van der Waals surface area (Å²) < 4.78 is 0. The number of rotatable bonds is 7. The van der Waals surface area contributed by atoms with Gasteiger partial charge in [-0.2, -0.15) is 4.98 Å². The molecular formula is C32H39ClN6O2. The summed E-state index contributed by atoms with van der Waals surface area (Å²) in [7, 11) is 2.18. The van der Waals surface area contributed by atoms with E-state index in [4.69, 9.17) is 16.6 Å². The van der Waals surface area contributed by atoms with Crippen LogP contribution in [0.4, 0.5) is 23.1 Å². The summed E-state index contributed by atoms with van der Waals surface area (Å²) in [5.74, 6) is 0.741. The van der Waals surface area contributed by atoms with Crippen LogP contribution in [0, 0.1) is 0 Å². The van der Waals surface area contributed by atoms with Crippen molar-refractivity contribution >= 4 is 40.7 Å². The van der Waals surface area contributed by atoms with Gasteiger partial charge in [0.25, 0.3) is 0 Å². The van der Waals surface area contributed by atoms with Crippen molar-refractivity contribution in [2.45, 2.75) is 64.0 Å². The number of benzene rings is 2. The number of fused-ring (bicyclic) bond motifs is 2. The summed E-state index contributed by atoms with van der Waals surface area (Å²) in [6, 6.07) is 13.0. The van der Waals surface area contributed by atoms with Gasteiger partial charge >= 0.3 is 5.97 Å². The number of carboxylic acids is 1. The lowest BCUT2D eigenvalue weighted by Gasteiger charge is -2.30. The standard InChI is InChI=1S/C32H39ClN6O2/c1-20(2)38-12-9-21(18-38)25-14-23(13-22-17-37(4)11-10-24(22)25)35-31-34-16-27(33)30(36-31)39-19-32(3,15-29(40)41)26-7-5-6-8-28(26)39/h5-8,13-14,16,20-21H,9-12,15,17-19H2,1-4H3,(H,40,41)(H,34,35,36). The predicted octanol–water partition coefficient (Wildman–Crippen LogP) is 5.94. The molecule has 1 aromatic heterocycles. The number of hydrogen-bond acceptors (Lipinski definition) is 7. The summed E-state index contributed by atoms with van der Waals surface area (Å²) in [5.41, 5.74) is 6.67. The topological polar surface area (TPSA) is 84.8 Å². The Morgan fingerprint density at radius 1 is 1.24 bits per heavy atom. The molecule has 2 N–H and O–H groups in total. The molecule has 0 aliphatic carbocycles. The molecule has 0 spiro atoms. The van der Waals surface area contributed by atoms with Crippen molar-refractivity contribution in [1.82, 2.24) is 19.8 Å². The van der Waals surface area contributed by atoms with Crippen molar-refractivity contribution in [3.63, 3.8) is 0 Å². The second-order valence-electron chi connectivity index (χ2n) is 12.5. The molecule has 0 bridgehead atoms. The van der Waals surface area contributed by atoms with Crippen LogP contribution in [0.5, 0.6) is 0 Å². The van der Waals surface area contributed by atoms with Crippen molar-refractivity contribution in [2.75, 3.05) is 43.4 Å². The fraction of sp³-hybridized carbons (Fsp3) is 0.469. The quantitative estimate of drug-likeness (QED) is 0.358. The lowest BCUT2D eigenvalue weighted by molar-refractivity contribution is -0.138. The van der Waals surface area contributed by atoms with Gasteiger partial charge < -0.3 is 25.1 Å². The Morgan fingerprint density at radius 2 is 2.05 bits per heavy atom. The molecule has 1 saturated heterocycles. The molecule has 2 aromatic carbocycles. The molecule has 2 unspecified atom stereocenters. The number of likely N-dealkylation sites (N-methyl/N-ethyl adjacent to an activating group) is 1. The number of halogens is 1. The lowest BCUT2D eigenvalue weighted by atomic mass is 9.81. The number of anilines is 4. The Labute approximate surface area is 247 Å². The highest BCUT2D eigenvalue weighted by Gasteiger charge is 2.42. The molecule has 0 radical (unpaired) electrons. The minimum atomic E-state index is -0.826. The Morgan fingerprint density at radius 3 is 2.80 bits per heavy atom. The van der Waals surface area contributed by atoms with E-state index in [2.05, 4.69) is 53.1 Å². The van der Waals surface area contributed by atoms with E-state index < -0.39 is 11.4 Å². The normalized spacial score (nSPS) is 22.7. The van der Waals surface area contributed by atoms with Gasteiger partial charge in [0.05, 0.1) is 12.6 Å². The molecule has 8 nitrogen and oxygen atoms in total. The number of aliphatic carboxylic acids is 1. The third-order valence-electron chi connectivity index (χ3n) is 9.08. The summed E-state index contributed by atoms with van der Waals surface area (Å²) in [6.45, 7) is 11.3. The summed E-state index contributed by atoms with van der Waals surface area (Å²) in [6.07, 6.45) is 3.90. The first-order valence-electron chi connectivity index (χ1n) is 14.6. The molecular weight excluding hydrogens is 536 g/mol. The van der Waals surface area contributed by atoms with Gasteiger partial charge in [-0.3, -0.25) is 4.79 Å². The summed E-state index contributed by atoms with van der Waals surface area (Å²) in [5, 5.41) is 13.6. The van der Waals surface area contributed by atoms with Crippen LogP contribution in [-0.4, -0.2) is 70.1 Å². The summed E-state index contributed by atoms with van der Waals surface area (Å²) in [4.78, 5) is 28.2. The largest absolute Gasteiger partial charge is 0.481 e. The van der Waals surface area contributed by atoms with Gasteiger partial charge in [0.15, 0.2) is 5.82 Å². The van der Waals surface area contributed by atoms with Crippen LogP contribution in [0.15, 0.2) is 42.6 Å². The molecule has 3 aliphatic heterocycles. The number of likely N-dealkylation sites (tertiary alicyclic amines) is 1. The highest BCUT2D eigenvalue weighted by Crippen LogP contribution is 2.47. The average molecular weight is 575 g/mol. The van der Waals surface area contributed by atoms with Crippen LogP contribution in [0.3, 0.4) is 0 Å². The second kappa shape index (κ2) is 10.9. The van der Waals surface area contributed by atoms with Crippen molar-refractivity contribution in [3.05, 3.63) is 69.9 Å². The summed E-state index contributed by atoms with van der Waals surface area (Å²) >= 11 is 6.69. The van der Waals surface area contributed by atoms with Gasteiger partial charge in [0.2, 0.25) is 5.95 Å². The number of para-hydroxylation sites is 1. The van der Waals surface area contributed by atoms with Crippen LogP contribution in [-0.2, 0) is 23.2 Å². The Bertz CT molecular complexity index is 1480. The highest BCUT2D eigenvalue weighted by atomic mass is 35.5. The fourth-order valence-corrected chi connectivity index (χ4v) is 7.16. The third kappa shape index (κ3) is 5.41. The lowest BCUT2D eigenvalue weighted by Crippen LogP contribution is -2.31. The number of nitrogens with one attached hydrogen (secondary N) is 1. The van der Waals surface area contributed by atoms with Crippen LogP contribution in [0.2, 0.25) is 5.02 Å². The van der Waals surface area contributed by atoms with E-state index in [1.807, 2.05) is 36.1 Å². The van der Waals surface area contributed by atoms with Crippen LogP contribution >= 0.6 is 11.6 Å². The first kappa shape index (κ1) is 27.9. The Hall–Kier alpha value is -3.20. The first-order chi connectivity index (χ1) is 19.6. The molecule has 9 heteroatoms. The van der Waals surface area contributed by atoms with Gasteiger partial charge in [-0.1, -0.05) is 36.7 Å². The second-order valence-corrected chi connectivity index (χ2v) is 12.9. The van der Waals surface area contributed by atoms with E-state index in [1.54, 1.807) is 6.20 Å². The molecule has 3 aliphatic rings. The van der Waals surface area contributed by atoms with Crippen molar-refractivity contribution in [1.29, 1.82) is 0 Å². The van der Waals surface area contributed by atoms with Crippen molar-refractivity contribution in [3.8, 4) is 0 Å². The molecule has 4 heterocycles. The van der Waals surface area contributed by atoms with Crippen LogP contribution < -0.4 is 10.2 Å². The average Bonchev–Trinajstić information content (AvgIpc) is 3.53. The minimum Gasteiger partial charge on any atom is -0.481 e. The van der Waals surface area contributed by atoms with Crippen LogP contribution in [0.1, 0.15) is 61.8 Å². The van der Waals surface area contributed by atoms with E-state index in [1.165, 1.54) is 23.1 Å². The molecule has 3 aromatic rings. The van der Waals surface area contributed by atoms with E-state index in [0.717, 1.165) is 49.5 Å². The van der Waals surface area contributed by atoms with Crippen molar-refractivity contribution < 1.29 is 9.90 Å². The molecule has 0 amide bonds. The van der Waals surface area contributed by atoms with Gasteiger partial charge in [-0.15, -0.1) is 0 Å². The number of hydrogen-bond donors (Lipinski definition) is 2. The maximum absolute atomic E-state index is 11.7. The maximum atomic E-state index is 11.7. The van der Waals surface area contributed by atoms with E-state index in [9.17, 15) is 9.90 Å². The number of aromatic nitrogens is 2. The smallest absolute Gasteiger partial charge is 0.304 e. The zero-order valence-electron chi connectivity index (χ0n) is 24.3. The molecule has 0 saturated carbocycles. The zero-order valence-corrected chi connectivity index (χ0v) is 25.1. The van der Waals surface area contributed by atoms with Crippen LogP contribution in [0.25, 0.3) is 0 Å².